The molecule has 0 aliphatic carbocycles. The first-order chi connectivity index (χ1) is 6.71. The Morgan fingerprint density at radius 1 is 1.00 bits per heavy atom. The molecule has 0 unspecified atom stereocenters. The molecule has 70 valence electrons. The van der Waals surface area contributed by atoms with Gasteiger partial charge >= 0.3 is 0 Å². The minimum Gasteiger partial charge on any atom is -0.152 e. The largest absolute Gasteiger partial charge is 0.152 e. The molecular weight excluding hydrogens is 184 g/mol. The van der Waals surface area contributed by atoms with Gasteiger partial charge in [-0.25, -0.2) is 0 Å². The Bertz CT molecular complexity index is 491. The standard InChI is InChI=1S/C13H13Si/c1-14(2)12-8-4-3-6-10(12)11-7-5-9-13(11)14/h3-9H,1-2H3/q-1. The van der Waals surface area contributed by atoms with Crippen LogP contribution in [0.3, 0.4) is 0 Å². The van der Waals surface area contributed by atoms with Gasteiger partial charge in [0, 0.05) is 0 Å². The van der Waals surface area contributed by atoms with Gasteiger partial charge < -0.3 is 0 Å². The Morgan fingerprint density at radius 3 is 2.64 bits per heavy atom. The van der Waals surface area contributed by atoms with E-state index in [1.807, 2.05) is 0 Å². The third kappa shape index (κ3) is 0.807. The Labute approximate surface area is 85.6 Å². The highest BCUT2D eigenvalue weighted by molar-refractivity contribution is 7.03. The molecule has 0 nitrogen and oxygen atoms in total. The highest BCUT2D eigenvalue weighted by atomic mass is 28.3. The molecule has 1 heterocycles. The van der Waals surface area contributed by atoms with Crippen LogP contribution in [0.25, 0.3) is 11.1 Å². The van der Waals surface area contributed by atoms with E-state index >= 15 is 0 Å². The molecule has 2 aromatic carbocycles. The topological polar surface area (TPSA) is 0 Å². The van der Waals surface area contributed by atoms with E-state index in [1.54, 1.807) is 10.4 Å². The van der Waals surface area contributed by atoms with Gasteiger partial charge in [-0.2, -0.15) is 12.1 Å². The van der Waals surface area contributed by atoms with E-state index < -0.39 is 8.07 Å². The van der Waals surface area contributed by atoms with Gasteiger partial charge in [-0.1, -0.05) is 36.9 Å². The summed E-state index contributed by atoms with van der Waals surface area (Å²) >= 11 is 0. The molecular formula is C13H13Si-. The van der Waals surface area contributed by atoms with Gasteiger partial charge in [-0.05, 0) is 0 Å². The van der Waals surface area contributed by atoms with Crippen LogP contribution in [0, 0.1) is 0 Å². The van der Waals surface area contributed by atoms with Crippen LogP contribution in [0.5, 0.6) is 0 Å². The molecule has 0 bridgehead atoms. The second-order valence-corrected chi connectivity index (χ2v) is 8.85. The van der Waals surface area contributed by atoms with Crippen LogP contribution in [-0.2, 0) is 0 Å². The number of rotatable bonds is 0. The quantitative estimate of drug-likeness (QED) is 0.449. The van der Waals surface area contributed by atoms with Gasteiger partial charge in [-0.3, -0.25) is 0 Å². The van der Waals surface area contributed by atoms with Gasteiger partial charge in [0.1, 0.15) is 0 Å². The van der Waals surface area contributed by atoms with Crippen molar-refractivity contribution in [3.63, 3.8) is 0 Å². The zero-order valence-corrected chi connectivity index (χ0v) is 9.54. The molecule has 0 fully saturated rings. The van der Waals surface area contributed by atoms with Crippen molar-refractivity contribution in [2.75, 3.05) is 0 Å². The van der Waals surface area contributed by atoms with Crippen molar-refractivity contribution in [1.82, 2.24) is 0 Å². The molecule has 1 heteroatoms. The number of hydrogen-bond acceptors (Lipinski definition) is 0. The third-order valence-electron chi connectivity index (χ3n) is 3.38. The normalized spacial score (nSPS) is 16.4. The zero-order valence-electron chi connectivity index (χ0n) is 8.54. The van der Waals surface area contributed by atoms with E-state index in [4.69, 9.17) is 0 Å². The van der Waals surface area contributed by atoms with Crippen LogP contribution in [-0.4, -0.2) is 8.07 Å². The van der Waals surface area contributed by atoms with Crippen molar-refractivity contribution >= 4 is 18.4 Å². The summed E-state index contributed by atoms with van der Waals surface area (Å²) in [6, 6.07) is 15.6. The summed E-state index contributed by atoms with van der Waals surface area (Å²) in [5, 5.41) is 3.21. The average molecular weight is 197 g/mol. The number of fused-ring (bicyclic) bond motifs is 3. The van der Waals surface area contributed by atoms with E-state index in [2.05, 4.69) is 55.6 Å². The Hall–Kier alpha value is -1.21. The van der Waals surface area contributed by atoms with Gasteiger partial charge in [0.05, 0.1) is 8.07 Å². The van der Waals surface area contributed by atoms with Crippen molar-refractivity contribution < 1.29 is 0 Å². The smallest absolute Gasteiger partial charge is 0.0576 e. The molecule has 1 aliphatic rings. The SMILES string of the molecule is C[Si]1(C)c2ccccc2-[c-]2cccc21. The zero-order chi connectivity index (χ0) is 9.76. The minimum atomic E-state index is -1.33. The molecule has 0 N–H and O–H groups in total. The lowest BCUT2D eigenvalue weighted by atomic mass is 10.1. The maximum Gasteiger partial charge on any atom is 0.0576 e. The van der Waals surface area contributed by atoms with Gasteiger partial charge in [0.15, 0.2) is 0 Å². The fourth-order valence-corrected chi connectivity index (χ4v) is 5.71. The fourth-order valence-electron chi connectivity index (χ4n) is 2.61. The molecule has 14 heavy (non-hydrogen) atoms. The summed E-state index contributed by atoms with van der Waals surface area (Å²) in [6.07, 6.45) is 0. The van der Waals surface area contributed by atoms with E-state index in [9.17, 15) is 0 Å². The summed E-state index contributed by atoms with van der Waals surface area (Å²) in [7, 11) is -1.33. The molecule has 0 radical (unpaired) electrons. The fraction of sp³-hybridized carbons (Fsp3) is 0.154. The predicted molar refractivity (Wildman–Crippen MR) is 64.2 cm³/mol. The lowest BCUT2D eigenvalue weighted by molar-refractivity contribution is 1.73. The lowest BCUT2D eigenvalue weighted by Crippen LogP contribution is -2.48. The van der Waals surface area contributed by atoms with Crippen molar-refractivity contribution in [3.8, 4) is 11.1 Å². The van der Waals surface area contributed by atoms with Gasteiger partial charge in [0.2, 0.25) is 0 Å². The molecule has 0 amide bonds. The van der Waals surface area contributed by atoms with E-state index in [0.29, 0.717) is 0 Å². The first kappa shape index (κ1) is 8.12. The van der Waals surface area contributed by atoms with Crippen LogP contribution < -0.4 is 10.4 Å². The molecule has 2 aromatic rings. The highest BCUT2D eigenvalue weighted by Crippen LogP contribution is 2.28. The Balaban J connectivity index is 2.42. The lowest BCUT2D eigenvalue weighted by Gasteiger charge is -2.22. The van der Waals surface area contributed by atoms with E-state index in [0.717, 1.165) is 0 Å². The molecule has 3 rings (SSSR count). The Kier molecular flexibility index (Phi) is 1.41. The Morgan fingerprint density at radius 2 is 1.79 bits per heavy atom. The summed E-state index contributed by atoms with van der Waals surface area (Å²) in [4.78, 5) is 0. The molecule has 0 spiro atoms. The molecule has 1 aliphatic heterocycles. The second-order valence-electron chi connectivity index (χ2n) is 4.52. The van der Waals surface area contributed by atoms with E-state index in [-0.39, 0.29) is 0 Å². The second kappa shape index (κ2) is 2.42. The van der Waals surface area contributed by atoms with Crippen LogP contribution >= 0.6 is 0 Å². The first-order valence-electron chi connectivity index (χ1n) is 5.07. The van der Waals surface area contributed by atoms with Crippen molar-refractivity contribution in [3.05, 3.63) is 42.5 Å². The van der Waals surface area contributed by atoms with Crippen LogP contribution in [0.2, 0.25) is 13.1 Å². The summed E-state index contributed by atoms with van der Waals surface area (Å²) in [5.41, 5.74) is 2.96. The molecule has 0 aromatic heterocycles. The molecule has 0 atom stereocenters. The highest BCUT2D eigenvalue weighted by Gasteiger charge is 2.30. The number of hydrogen-bond donors (Lipinski definition) is 0. The predicted octanol–water partition coefficient (Wildman–Crippen LogP) is 2.21. The molecule has 0 saturated carbocycles. The van der Waals surface area contributed by atoms with E-state index in [1.165, 1.54) is 11.1 Å². The third-order valence-corrected chi connectivity index (χ3v) is 6.95. The van der Waals surface area contributed by atoms with Crippen molar-refractivity contribution in [2.24, 2.45) is 0 Å². The summed E-state index contributed by atoms with van der Waals surface area (Å²) < 4.78 is 0. The first-order valence-corrected chi connectivity index (χ1v) is 8.07. The summed E-state index contributed by atoms with van der Waals surface area (Å²) in [6.45, 7) is 4.88. The average Bonchev–Trinajstić information content (AvgIpc) is 2.72. The van der Waals surface area contributed by atoms with Gasteiger partial charge in [0.25, 0.3) is 0 Å². The van der Waals surface area contributed by atoms with Crippen LogP contribution in [0.1, 0.15) is 0 Å². The van der Waals surface area contributed by atoms with Gasteiger partial charge in [-0.15, -0.1) is 28.1 Å². The minimum absolute atomic E-state index is 1.33. The van der Waals surface area contributed by atoms with Crippen LogP contribution in [0.15, 0.2) is 42.5 Å². The number of benzene rings is 1. The molecule has 0 saturated heterocycles. The maximum atomic E-state index is 2.44. The van der Waals surface area contributed by atoms with Crippen molar-refractivity contribution in [1.29, 1.82) is 0 Å². The van der Waals surface area contributed by atoms with Crippen LogP contribution in [0.4, 0.5) is 0 Å². The summed E-state index contributed by atoms with van der Waals surface area (Å²) in [5.74, 6) is 0. The monoisotopic (exact) mass is 197 g/mol. The maximum absolute atomic E-state index is 2.44. The van der Waals surface area contributed by atoms with Crippen molar-refractivity contribution in [2.45, 2.75) is 13.1 Å².